The average molecular weight is 528 g/mol. The molecule has 0 radical (unpaired) electrons. The van der Waals surface area contributed by atoms with Crippen molar-refractivity contribution in [1.82, 2.24) is 19.9 Å². The number of benzene rings is 2. The van der Waals surface area contributed by atoms with Crippen LogP contribution in [0.5, 0.6) is 0 Å². The fraction of sp³-hybridized carbons (Fsp3) is 0.208. The van der Waals surface area contributed by atoms with E-state index < -0.39 is 0 Å². The Morgan fingerprint density at radius 2 is 1.88 bits per heavy atom. The molecule has 0 aliphatic carbocycles. The summed E-state index contributed by atoms with van der Waals surface area (Å²) in [5, 5.41) is 14.0. The molecule has 2 heterocycles. The number of hydrogen-bond acceptors (Lipinski definition) is 4. The minimum absolute atomic E-state index is 0.257. The molecule has 0 spiro atoms. The number of urea groups is 1. The molecule has 0 saturated heterocycles. The lowest BCUT2D eigenvalue weighted by Gasteiger charge is -2.13. The van der Waals surface area contributed by atoms with Crippen molar-refractivity contribution in [2.24, 2.45) is 0 Å². The van der Waals surface area contributed by atoms with Gasteiger partial charge in [-0.15, -0.1) is 0 Å². The Hall–Kier alpha value is -3.10. The van der Waals surface area contributed by atoms with E-state index in [2.05, 4.69) is 50.8 Å². The van der Waals surface area contributed by atoms with Gasteiger partial charge in [-0.05, 0) is 45.6 Å². The number of aromatic nitrogens is 3. The predicted molar refractivity (Wildman–Crippen MR) is 137 cm³/mol. The molecule has 4 aromatic rings. The van der Waals surface area contributed by atoms with E-state index in [0.29, 0.717) is 29.7 Å². The summed E-state index contributed by atoms with van der Waals surface area (Å²) in [6.07, 6.45) is 1.69. The van der Waals surface area contributed by atoms with Gasteiger partial charge in [0.1, 0.15) is 5.82 Å². The second-order valence-electron chi connectivity index (χ2n) is 7.82. The summed E-state index contributed by atoms with van der Waals surface area (Å²) in [6, 6.07) is 17.1. The highest BCUT2D eigenvalue weighted by Gasteiger charge is 2.13. The van der Waals surface area contributed by atoms with Crippen LogP contribution in [0.2, 0.25) is 5.02 Å². The number of fused-ring (bicyclic) bond motifs is 1. The maximum Gasteiger partial charge on any atom is 0.319 e. The summed E-state index contributed by atoms with van der Waals surface area (Å²) in [5.74, 6) is 1.19. The van der Waals surface area contributed by atoms with Gasteiger partial charge in [-0.3, -0.25) is 0 Å². The molecule has 2 aromatic carbocycles. The van der Waals surface area contributed by atoms with E-state index in [9.17, 15) is 4.79 Å². The second kappa shape index (κ2) is 10.2. The first kappa shape index (κ1) is 23.1. The third-order valence-corrected chi connectivity index (χ3v) is 6.02. The summed E-state index contributed by atoms with van der Waals surface area (Å²) in [5.41, 5.74) is 4.22. The van der Waals surface area contributed by atoms with E-state index in [1.807, 2.05) is 54.6 Å². The number of nitrogens with one attached hydrogen (secondary N) is 3. The van der Waals surface area contributed by atoms with Gasteiger partial charge in [-0.25, -0.2) is 9.78 Å². The van der Waals surface area contributed by atoms with Crippen molar-refractivity contribution in [3.63, 3.8) is 0 Å². The zero-order valence-electron chi connectivity index (χ0n) is 18.3. The van der Waals surface area contributed by atoms with Crippen LogP contribution in [0.4, 0.5) is 16.3 Å². The number of rotatable bonds is 7. The first-order valence-corrected chi connectivity index (χ1v) is 11.8. The largest absolute Gasteiger partial charge is 0.368 e. The molecule has 33 heavy (non-hydrogen) atoms. The van der Waals surface area contributed by atoms with Crippen LogP contribution in [-0.4, -0.2) is 33.7 Å². The van der Waals surface area contributed by atoms with Crippen LogP contribution < -0.4 is 16.0 Å². The van der Waals surface area contributed by atoms with E-state index in [1.54, 1.807) is 10.7 Å². The minimum atomic E-state index is -0.257. The summed E-state index contributed by atoms with van der Waals surface area (Å²) < 4.78 is 2.49. The minimum Gasteiger partial charge on any atom is -0.368 e. The quantitative estimate of drug-likeness (QED) is 0.251. The molecule has 0 fully saturated rings. The molecule has 0 aliphatic rings. The fourth-order valence-electron chi connectivity index (χ4n) is 3.36. The molecule has 0 bridgehead atoms. The molecule has 3 N–H and O–H groups in total. The van der Waals surface area contributed by atoms with Gasteiger partial charge in [0.25, 0.3) is 0 Å². The third kappa shape index (κ3) is 5.46. The lowest BCUT2D eigenvalue weighted by molar-refractivity contribution is 0.252. The monoisotopic (exact) mass is 526 g/mol. The first-order chi connectivity index (χ1) is 15.9. The molecule has 7 nitrogen and oxygen atoms in total. The Morgan fingerprint density at radius 3 is 2.61 bits per heavy atom. The number of anilines is 2. The van der Waals surface area contributed by atoms with Gasteiger partial charge in [0, 0.05) is 35.4 Å². The molecular weight excluding hydrogens is 504 g/mol. The van der Waals surface area contributed by atoms with Crippen molar-refractivity contribution in [2.75, 3.05) is 23.7 Å². The van der Waals surface area contributed by atoms with Gasteiger partial charge < -0.3 is 16.0 Å². The van der Waals surface area contributed by atoms with Crippen molar-refractivity contribution >= 4 is 50.7 Å². The number of hydrogen-bond donors (Lipinski definition) is 3. The average Bonchev–Trinajstić information content (AvgIpc) is 3.18. The van der Waals surface area contributed by atoms with E-state index in [1.165, 1.54) is 5.56 Å². The SMILES string of the molecule is CC(C)c1ccc(NC(=O)NCCNc2cc(-c3ccccc3Cl)nc3c(Br)cnn23)cc1. The fourth-order valence-corrected chi connectivity index (χ4v) is 3.94. The molecule has 2 amide bonds. The normalized spacial score (nSPS) is 11.1. The van der Waals surface area contributed by atoms with Gasteiger partial charge in [-0.1, -0.05) is 55.8 Å². The smallest absolute Gasteiger partial charge is 0.319 e. The second-order valence-corrected chi connectivity index (χ2v) is 9.08. The molecule has 9 heteroatoms. The molecule has 2 aromatic heterocycles. The Labute approximate surface area is 205 Å². The van der Waals surface area contributed by atoms with Gasteiger partial charge in [0.15, 0.2) is 5.65 Å². The Kier molecular flexibility index (Phi) is 7.15. The van der Waals surface area contributed by atoms with Crippen LogP contribution in [0.3, 0.4) is 0 Å². The Balaban J connectivity index is 1.40. The van der Waals surface area contributed by atoms with Gasteiger partial charge in [0.05, 0.1) is 16.4 Å². The Bertz CT molecular complexity index is 1270. The van der Waals surface area contributed by atoms with Crippen LogP contribution >= 0.6 is 27.5 Å². The molecule has 0 unspecified atom stereocenters. The highest BCUT2D eigenvalue weighted by atomic mass is 79.9. The van der Waals surface area contributed by atoms with Crippen LogP contribution in [0.15, 0.2) is 65.3 Å². The lowest BCUT2D eigenvalue weighted by Crippen LogP contribution is -2.32. The van der Waals surface area contributed by atoms with Crippen LogP contribution in [-0.2, 0) is 0 Å². The summed E-state index contributed by atoms with van der Waals surface area (Å²) in [4.78, 5) is 16.9. The number of carbonyl (C=O) groups is 1. The topological polar surface area (TPSA) is 83.4 Å². The van der Waals surface area contributed by atoms with Crippen LogP contribution in [0, 0.1) is 0 Å². The summed E-state index contributed by atoms with van der Waals surface area (Å²) in [7, 11) is 0. The highest BCUT2D eigenvalue weighted by Crippen LogP contribution is 2.30. The Morgan fingerprint density at radius 1 is 1.12 bits per heavy atom. The van der Waals surface area contributed by atoms with Gasteiger partial charge >= 0.3 is 6.03 Å². The predicted octanol–water partition coefficient (Wildman–Crippen LogP) is 6.17. The highest BCUT2D eigenvalue weighted by molar-refractivity contribution is 9.10. The van der Waals surface area contributed by atoms with Gasteiger partial charge in [0.2, 0.25) is 0 Å². The number of amides is 2. The molecule has 0 aliphatic heterocycles. The van der Waals surface area contributed by atoms with E-state index in [0.717, 1.165) is 27.2 Å². The van der Waals surface area contributed by atoms with Crippen LogP contribution in [0.25, 0.3) is 16.9 Å². The van der Waals surface area contributed by atoms with Crippen LogP contribution in [0.1, 0.15) is 25.3 Å². The van der Waals surface area contributed by atoms with E-state index in [4.69, 9.17) is 16.6 Å². The summed E-state index contributed by atoms with van der Waals surface area (Å²) in [6.45, 7) is 5.19. The van der Waals surface area contributed by atoms with Crippen molar-refractivity contribution in [1.29, 1.82) is 0 Å². The van der Waals surface area contributed by atoms with E-state index in [-0.39, 0.29) is 6.03 Å². The maximum atomic E-state index is 12.2. The van der Waals surface area contributed by atoms with Crippen molar-refractivity contribution < 1.29 is 4.79 Å². The molecule has 4 rings (SSSR count). The standard InChI is InChI=1S/C24H24BrClN6O/c1-15(2)16-7-9-17(10-8-16)30-24(33)28-12-11-27-22-13-21(18-5-3-4-6-20(18)26)31-23-19(25)14-29-32(22)23/h3-10,13-15,27H,11-12H2,1-2H3,(H2,28,30,33). The molecule has 170 valence electrons. The van der Waals surface area contributed by atoms with Crippen molar-refractivity contribution in [2.45, 2.75) is 19.8 Å². The van der Waals surface area contributed by atoms with Crippen molar-refractivity contribution in [3.05, 3.63) is 75.9 Å². The van der Waals surface area contributed by atoms with E-state index >= 15 is 0 Å². The lowest BCUT2D eigenvalue weighted by atomic mass is 10.0. The first-order valence-electron chi connectivity index (χ1n) is 10.6. The molecule has 0 saturated carbocycles. The summed E-state index contributed by atoms with van der Waals surface area (Å²) >= 11 is 9.88. The zero-order valence-corrected chi connectivity index (χ0v) is 20.6. The van der Waals surface area contributed by atoms with Gasteiger partial charge in [-0.2, -0.15) is 9.61 Å². The number of halogens is 2. The number of carbonyl (C=O) groups excluding carboxylic acids is 1. The zero-order chi connectivity index (χ0) is 23.4. The molecule has 0 atom stereocenters. The number of nitrogens with zero attached hydrogens (tertiary/aromatic N) is 3. The third-order valence-electron chi connectivity index (χ3n) is 5.13. The maximum absolute atomic E-state index is 12.2. The molecular formula is C24H24BrClN6O. The van der Waals surface area contributed by atoms with Crippen molar-refractivity contribution in [3.8, 4) is 11.3 Å².